The molecular weight excluding hydrogens is 278 g/mol. The van der Waals surface area contributed by atoms with Gasteiger partial charge in [0.1, 0.15) is 0 Å². The van der Waals surface area contributed by atoms with Gasteiger partial charge >= 0.3 is 0 Å². The summed E-state index contributed by atoms with van der Waals surface area (Å²) in [5, 5.41) is 3.20. The maximum absolute atomic E-state index is 12.3. The predicted octanol–water partition coefficient (Wildman–Crippen LogP) is 1.76. The van der Waals surface area contributed by atoms with Gasteiger partial charge in [0.15, 0.2) is 0 Å². The van der Waals surface area contributed by atoms with Crippen LogP contribution in [0, 0.1) is 0 Å². The molecule has 22 heavy (non-hydrogen) atoms. The molecule has 1 aliphatic carbocycles. The highest BCUT2D eigenvalue weighted by Crippen LogP contribution is 2.22. The van der Waals surface area contributed by atoms with Crippen LogP contribution in [0.15, 0.2) is 36.9 Å². The molecule has 1 fully saturated rings. The number of hydrogen-bond donors (Lipinski definition) is 1. The van der Waals surface area contributed by atoms with E-state index >= 15 is 0 Å². The summed E-state index contributed by atoms with van der Waals surface area (Å²) < 4.78 is 0. The van der Waals surface area contributed by atoms with Gasteiger partial charge in [0, 0.05) is 44.4 Å². The molecule has 0 aliphatic heterocycles. The van der Waals surface area contributed by atoms with Gasteiger partial charge in [-0.2, -0.15) is 0 Å². The molecule has 1 saturated carbocycles. The number of anilines is 1. The van der Waals surface area contributed by atoms with Gasteiger partial charge < -0.3 is 10.2 Å². The van der Waals surface area contributed by atoms with Crippen molar-refractivity contribution in [3.63, 3.8) is 0 Å². The lowest BCUT2D eigenvalue weighted by atomic mass is 10.2. The number of nitrogens with zero attached hydrogens (tertiary/aromatic N) is 4. The molecule has 2 heterocycles. The molecule has 0 aromatic carbocycles. The van der Waals surface area contributed by atoms with Crippen LogP contribution in [0.3, 0.4) is 0 Å². The maximum Gasteiger partial charge on any atom is 0.256 e. The summed E-state index contributed by atoms with van der Waals surface area (Å²) in [7, 11) is 1.79. The molecule has 114 valence electrons. The topological polar surface area (TPSA) is 71.0 Å². The Morgan fingerprint density at radius 1 is 1.27 bits per heavy atom. The Labute approximate surface area is 129 Å². The van der Waals surface area contributed by atoms with E-state index in [4.69, 9.17) is 0 Å². The third-order valence-electron chi connectivity index (χ3n) is 3.64. The molecule has 3 rings (SSSR count). The number of rotatable bonds is 6. The first-order valence-electron chi connectivity index (χ1n) is 7.45. The molecule has 0 atom stereocenters. The van der Waals surface area contributed by atoms with Crippen LogP contribution >= 0.6 is 0 Å². The van der Waals surface area contributed by atoms with Gasteiger partial charge in [-0.1, -0.05) is 0 Å². The van der Waals surface area contributed by atoms with Gasteiger partial charge in [-0.25, -0.2) is 9.97 Å². The van der Waals surface area contributed by atoms with Gasteiger partial charge in [-0.05, 0) is 37.0 Å². The fourth-order valence-electron chi connectivity index (χ4n) is 2.09. The summed E-state index contributed by atoms with van der Waals surface area (Å²) in [5.41, 5.74) is 1.67. The molecule has 0 bridgehead atoms. The second kappa shape index (κ2) is 6.51. The minimum Gasteiger partial charge on any atom is -0.351 e. The van der Waals surface area contributed by atoms with E-state index in [1.54, 1.807) is 36.7 Å². The number of carbonyl (C=O) groups excluding carboxylic acids is 1. The van der Waals surface area contributed by atoms with Crippen LogP contribution in [0.25, 0.3) is 0 Å². The Hall–Kier alpha value is -2.50. The molecule has 2 aromatic rings. The molecule has 0 spiro atoms. The molecule has 1 amide bonds. The average molecular weight is 297 g/mol. The minimum absolute atomic E-state index is 0.0629. The fourth-order valence-corrected chi connectivity index (χ4v) is 2.09. The van der Waals surface area contributed by atoms with Crippen LogP contribution in [-0.2, 0) is 6.42 Å². The van der Waals surface area contributed by atoms with Crippen LogP contribution in [0.4, 0.5) is 5.95 Å². The molecular formula is C16H19N5O. The lowest BCUT2D eigenvalue weighted by Gasteiger charge is -2.17. The highest BCUT2D eigenvalue weighted by molar-refractivity contribution is 5.93. The number of hydrogen-bond acceptors (Lipinski definition) is 5. The van der Waals surface area contributed by atoms with Crippen LogP contribution in [0.5, 0.6) is 0 Å². The number of likely N-dealkylation sites (N-methyl/N-ethyl adjacent to an activating group) is 1. The zero-order valence-electron chi connectivity index (χ0n) is 12.6. The molecule has 6 heteroatoms. The Kier molecular flexibility index (Phi) is 4.27. The molecule has 6 nitrogen and oxygen atoms in total. The van der Waals surface area contributed by atoms with E-state index < -0.39 is 0 Å². The van der Waals surface area contributed by atoms with E-state index in [-0.39, 0.29) is 5.91 Å². The molecule has 1 N–H and O–H groups in total. The first kappa shape index (κ1) is 14.4. The van der Waals surface area contributed by atoms with Gasteiger partial charge in [-0.3, -0.25) is 9.78 Å². The molecule has 0 saturated heterocycles. The maximum atomic E-state index is 12.3. The van der Waals surface area contributed by atoms with Gasteiger partial charge in [0.2, 0.25) is 5.95 Å². The predicted molar refractivity (Wildman–Crippen MR) is 83.6 cm³/mol. The highest BCUT2D eigenvalue weighted by Gasteiger charge is 2.22. The summed E-state index contributed by atoms with van der Waals surface area (Å²) >= 11 is 0. The van der Waals surface area contributed by atoms with Gasteiger partial charge in [0.25, 0.3) is 5.91 Å². The zero-order valence-corrected chi connectivity index (χ0v) is 12.6. The Morgan fingerprint density at radius 3 is 2.59 bits per heavy atom. The third kappa shape index (κ3) is 3.78. The van der Waals surface area contributed by atoms with Crippen molar-refractivity contribution < 1.29 is 4.79 Å². The van der Waals surface area contributed by atoms with E-state index in [1.165, 1.54) is 12.8 Å². The Balaban J connectivity index is 1.55. The Morgan fingerprint density at radius 2 is 1.95 bits per heavy atom. The number of amides is 1. The first-order chi connectivity index (χ1) is 10.7. The number of carbonyl (C=O) groups is 1. The van der Waals surface area contributed by atoms with E-state index in [1.807, 2.05) is 12.1 Å². The number of pyridine rings is 1. The SMILES string of the molecule is CN(CCc1ccncc1)C(=O)c1cnc(NC2CC2)nc1. The summed E-state index contributed by atoms with van der Waals surface area (Å²) in [6, 6.07) is 4.42. The first-order valence-corrected chi connectivity index (χ1v) is 7.45. The second-order valence-corrected chi connectivity index (χ2v) is 5.55. The molecule has 0 unspecified atom stereocenters. The summed E-state index contributed by atoms with van der Waals surface area (Å²) in [6.07, 6.45) is 9.83. The minimum atomic E-state index is -0.0629. The van der Waals surface area contributed by atoms with Crippen LogP contribution in [0.1, 0.15) is 28.8 Å². The fraction of sp³-hybridized carbons (Fsp3) is 0.375. The van der Waals surface area contributed by atoms with Gasteiger partial charge in [-0.15, -0.1) is 0 Å². The zero-order chi connectivity index (χ0) is 15.4. The van der Waals surface area contributed by atoms with Crippen molar-refractivity contribution in [3.05, 3.63) is 48.0 Å². The van der Waals surface area contributed by atoms with Crippen molar-refractivity contribution in [1.82, 2.24) is 19.9 Å². The van der Waals surface area contributed by atoms with E-state index in [2.05, 4.69) is 20.3 Å². The highest BCUT2D eigenvalue weighted by atomic mass is 16.2. The second-order valence-electron chi connectivity index (χ2n) is 5.55. The van der Waals surface area contributed by atoms with Crippen molar-refractivity contribution in [2.45, 2.75) is 25.3 Å². The smallest absolute Gasteiger partial charge is 0.256 e. The van der Waals surface area contributed by atoms with E-state index in [0.717, 1.165) is 12.0 Å². The van der Waals surface area contributed by atoms with Crippen LogP contribution in [-0.4, -0.2) is 45.4 Å². The molecule has 2 aromatic heterocycles. The van der Waals surface area contributed by atoms with Crippen molar-refractivity contribution in [2.24, 2.45) is 0 Å². The monoisotopic (exact) mass is 297 g/mol. The summed E-state index contributed by atoms with van der Waals surface area (Å²) in [6.45, 7) is 0.644. The van der Waals surface area contributed by atoms with Crippen molar-refractivity contribution in [2.75, 3.05) is 18.9 Å². The van der Waals surface area contributed by atoms with Crippen molar-refractivity contribution >= 4 is 11.9 Å². The summed E-state index contributed by atoms with van der Waals surface area (Å²) in [5.74, 6) is 0.533. The average Bonchev–Trinajstić information content (AvgIpc) is 3.37. The van der Waals surface area contributed by atoms with Crippen molar-refractivity contribution in [1.29, 1.82) is 0 Å². The molecule has 0 radical (unpaired) electrons. The molecule has 1 aliphatic rings. The lowest BCUT2D eigenvalue weighted by Crippen LogP contribution is -2.29. The third-order valence-corrected chi connectivity index (χ3v) is 3.64. The van der Waals surface area contributed by atoms with E-state index in [0.29, 0.717) is 24.1 Å². The number of aromatic nitrogens is 3. The van der Waals surface area contributed by atoms with Crippen LogP contribution in [0.2, 0.25) is 0 Å². The van der Waals surface area contributed by atoms with Crippen molar-refractivity contribution in [3.8, 4) is 0 Å². The summed E-state index contributed by atoms with van der Waals surface area (Å²) in [4.78, 5) is 26.4. The van der Waals surface area contributed by atoms with Crippen LogP contribution < -0.4 is 5.32 Å². The normalized spacial score (nSPS) is 13.7. The number of nitrogens with one attached hydrogen (secondary N) is 1. The quantitative estimate of drug-likeness (QED) is 0.879. The standard InChI is InChI=1S/C16H19N5O/c1-21(9-6-12-4-7-17-8-5-12)15(22)13-10-18-16(19-11-13)20-14-2-3-14/h4-5,7-8,10-11,14H,2-3,6,9H2,1H3,(H,18,19,20). The Bertz CT molecular complexity index is 625. The lowest BCUT2D eigenvalue weighted by molar-refractivity contribution is 0.0796. The largest absolute Gasteiger partial charge is 0.351 e. The van der Waals surface area contributed by atoms with Gasteiger partial charge in [0.05, 0.1) is 5.56 Å². The van der Waals surface area contributed by atoms with E-state index in [9.17, 15) is 4.79 Å².